The maximum Gasteiger partial charge on any atom is 0.422 e. The van der Waals surface area contributed by atoms with Crippen molar-refractivity contribution in [3.63, 3.8) is 0 Å². The van der Waals surface area contributed by atoms with Crippen molar-refractivity contribution in [1.82, 2.24) is 20.9 Å². The number of halogens is 6. The number of benzene rings is 1. The van der Waals surface area contributed by atoms with Gasteiger partial charge in [-0.05, 0) is 17.7 Å². The van der Waals surface area contributed by atoms with E-state index in [2.05, 4.69) is 25.7 Å². The van der Waals surface area contributed by atoms with Crippen LogP contribution in [0.2, 0.25) is 5.02 Å². The summed E-state index contributed by atoms with van der Waals surface area (Å²) < 4.78 is 69.6. The van der Waals surface area contributed by atoms with Crippen LogP contribution in [0.25, 0.3) is 0 Å². The molecule has 2 aromatic rings. The summed E-state index contributed by atoms with van der Waals surface area (Å²) in [4.78, 5) is 27.5. The number of amides is 3. The molecule has 0 unspecified atom stereocenters. The summed E-state index contributed by atoms with van der Waals surface area (Å²) in [6, 6.07) is 1.53. The minimum Gasteiger partial charge on any atom is -0.468 e. The molecule has 1 aromatic carbocycles. The van der Waals surface area contributed by atoms with Gasteiger partial charge in [0.25, 0.3) is 0 Å². The van der Waals surface area contributed by atoms with Crippen LogP contribution < -0.4 is 20.7 Å². The van der Waals surface area contributed by atoms with Gasteiger partial charge in [-0.25, -0.2) is 18.6 Å². The number of pyridine rings is 1. The monoisotopic (exact) mass is 464 g/mol. The van der Waals surface area contributed by atoms with Crippen LogP contribution in [0.5, 0.6) is 5.88 Å². The summed E-state index contributed by atoms with van der Waals surface area (Å²) in [5, 5.41) is 6.44. The van der Waals surface area contributed by atoms with E-state index in [0.717, 1.165) is 24.4 Å². The summed E-state index contributed by atoms with van der Waals surface area (Å²) in [6.45, 7) is -1.58. The largest absolute Gasteiger partial charge is 0.468 e. The zero-order chi connectivity index (χ0) is 22.8. The smallest absolute Gasteiger partial charge is 0.422 e. The molecule has 31 heavy (non-hydrogen) atoms. The molecule has 1 saturated heterocycles. The lowest BCUT2D eigenvalue weighted by molar-refractivity contribution is -0.154. The number of hydrogen-bond donors (Lipinski definition) is 3. The molecule has 0 bridgehead atoms. The van der Waals surface area contributed by atoms with Gasteiger partial charge in [0.05, 0.1) is 6.04 Å². The van der Waals surface area contributed by atoms with Crippen molar-refractivity contribution >= 4 is 23.5 Å². The molecule has 1 fully saturated rings. The maximum absolute atomic E-state index is 14.6. The number of nitrogens with one attached hydrogen (secondary N) is 3. The van der Waals surface area contributed by atoms with Gasteiger partial charge in [0.2, 0.25) is 11.8 Å². The summed E-state index contributed by atoms with van der Waals surface area (Å²) >= 11 is 5.63. The lowest BCUT2D eigenvalue weighted by Gasteiger charge is -2.22. The van der Waals surface area contributed by atoms with Gasteiger partial charge in [0.15, 0.2) is 6.61 Å². The zero-order valence-corrected chi connectivity index (χ0v) is 16.2. The van der Waals surface area contributed by atoms with E-state index in [1.54, 1.807) is 0 Å². The van der Waals surface area contributed by atoms with Crippen LogP contribution in [0.1, 0.15) is 17.2 Å². The minimum atomic E-state index is -4.56. The van der Waals surface area contributed by atoms with E-state index < -0.39 is 53.5 Å². The van der Waals surface area contributed by atoms with Crippen molar-refractivity contribution in [3.8, 4) is 5.88 Å². The Morgan fingerprint density at radius 2 is 2.03 bits per heavy atom. The Bertz CT molecular complexity index is 987. The first-order valence-corrected chi connectivity index (χ1v) is 9.06. The van der Waals surface area contributed by atoms with Gasteiger partial charge < -0.3 is 20.7 Å². The van der Waals surface area contributed by atoms with Crippen molar-refractivity contribution < 1.29 is 36.3 Å². The van der Waals surface area contributed by atoms with Crippen molar-refractivity contribution in [3.05, 3.63) is 58.2 Å². The second-order valence-corrected chi connectivity index (χ2v) is 6.82. The highest BCUT2D eigenvalue weighted by Crippen LogP contribution is 2.30. The molecule has 0 radical (unpaired) electrons. The number of hydrogen-bond acceptors (Lipinski definition) is 4. The number of nitrogens with zero attached hydrogens (tertiary/aromatic N) is 1. The summed E-state index contributed by atoms with van der Waals surface area (Å²) in [5.41, 5.74) is -0.0747. The molecule has 7 nitrogen and oxygen atoms in total. The quantitative estimate of drug-likeness (QED) is 0.453. The number of carbonyl (C=O) groups is 2. The predicted molar refractivity (Wildman–Crippen MR) is 97.5 cm³/mol. The summed E-state index contributed by atoms with van der Waals surface area (Å²) in [5.74, 6) is -3.20. The van der Waals surface area contributed by atoms with Crippen LogP contribution in [0, 0.1) is 11.6 Å². The van der Waals surface area contributed by atoms with Crippen LogP contribution >= 0.6 is 11.6 Å². The van der Waals surface area contributed by atoms with Gasteiger partial charge in [-0.3, -0.25) is 4.79 Å². The Morgan fingerprint density at radius 1 is 1.29 bits per heavy atom. The molecule has 3 N–H and O–H groups in total. The van der Waals surface area contributed by atoms with Gasteiger partial charge in [0, 0.05) is 24.4 Å². The fourth-order valence-corrected chi connectivity index (χ4v) is 2.94. The van der Waals surface area contributed by atoms with E-state index in [4.69, 9.17) is 11.6 Å². The molecule has 1 aliphatic heterocycles. The SMILES string of the molecule is O=C1NC[C@@H](C(=O)N[C@@H](c2ccc(OCC(F)(F)F)nc2)c2ccc(F)c(Cl)c2F)N1. The van der Waals surface area contributed by atoms with Crippen LogP contribution in [0.15, 0.2) is 30.5 Å². The van der Waals surface area contributed by atoms with Gasteiger partial charge >= 0.3 is 12.2 Å². The normalized spacial score (nSPS) is 17.0. The molecule has 0 saturated carbocycles. The third-order valence-electron chi connectivity index (χ3n) is 4.23. The lowest BCUT2D eigenvalue weighted by atomic mass is 9.99. The van der Waals surface area contributed by atoms with Crippen molar-refractivity contribution in [2.24, 2.45) is 0 Å². The van der Waals surface area contributed by atoms with Crippen molar-refractivity contribution in [2.45, 2.75) is 18.3 Å². The average Bonchev–Trinajstić information content (AvgIpc) is 3.16. The standard InChI is InChI=1S/C18H14ClF5N4O3/c19-13-10(20)3-2-9(14(13)21)15(28-16(29)11-6-26-17(30)27-11)8-1-4-12(25-5-8)31-7-18(22,23)24/h1-5,11,15H,6-7H2,(H,28,29)(H2,26,27,30)/t11-,15-/m0/s1. The Balaban J connectivity index is 1.89. The molecule has 166 valence electrons. The van der Waals surface area contributed by atoms with E-state index >= 15 is 0 Å². The van der Waals surface area contributed by atoms with Gasteiger partial charge in [-0.15, -0.1) is 0 Å². The van der Waals surface area contributed by atoms with E-state index in [1.807, 2.05) is 0 Å². The fourth-order valence-electron chi connectivity index (χ4n) is 2.76. The molecule has 3 amide bonds. The molecule has 1 aromatic heterocycles. The molecule has 3 rings (SSSR count). The number of carbonyl (C=O) groups excluding carboxylic acids is 2. The Morgan fingerprint density at radius 3 is 2.61 bits per heavy atom. The van der Waals surface area contributed by atoms with Crippen LogP contribution in [-0.2, 0) is 4.79 Å². The molecule has 1 aliphatic rings. The first-order valence-electron chi connectivity index (χ1n) is 8.69. The summed E-state index contributed by atoms with van der Waals surface area (Å²) in [6.07, 6.45) is -3.50. The maximum atomic E-state index is 14.6. The van der Waals surface area contributed by atoms with Gasteiger partial charge in [0.1, 0.15) is 22.7 Å². The third-order valence-corrected chi connectivity index (χ3v) is 4.57. The van der Waals surface area contributed by atoms with E-state index in [9.17, 15) is 31.5 Å². The minimum absolute atomic E-state index is 0.0213. The van der Waals surface area contributed by atoms with E-state index in [0.29, 0.717) is 0 Å². The highest BCUT2D eigenvalue weighted by atomic mass is 35.5. The highest BCUT2D eigenvalue weighted by molar-refractivity contribution is 6.31. The molecule has 2 atom stereocenters. The lowest BCUT2D eigenvalue weighted by Crippen LogP contribution is -2.44. The molecule has 0 aliphatic carbocycles. The second kappa shape index (κ2) is 8.92. The van der Waals surface area contributed by atoms with Crippen molar-refractivity contribution in [2.75, 3.05) is 13.2 Å². The van der Waals surface area contributed by atoms with Crippen LogP contribution in [0.4, 0.5) is 26.7 Å². The van der Waals surface area contributed by atoms with E-state index in [-0.39, 0.29) is 23.6 Å². The Hall–Kier alpha value is -3.15. The third kappa shape index (κ3) is 5.51. The zero-order valence-electron chi connectivity index (χ0n) is 15.4. The molecular weight excluding hydrogens is 451 g/mol. The number of urea groups is 1. The number of alkyl halides is 3. The van der Waals surface area contributed by atoms with Crippen LogP contribution in [-0.4, -0.2) is 42.3 Å². The van der Waals surface area contributed by atoms with E-state index in [1.165, 1.54) is 6.07 Å². The molecule has 13 heteroatoms. The number of ether oxygens (including phenoxy) is 1. The summed E-state index contributed by atoms with van der Waals surface area (Å²) in [7, 11) is 0. The van der Waals surface area contributed by atoms with Crippen molar-refractivity contribution in [1.29, 1.82) is 0 Å². The molecule has 2 heterocycles. The first-order chi connectivity index (χ1) is 14.5. The average molecular weight is 465 g/mol. The second-order valence-electron chi connectivity index (χ2n) is 6.45. The topological polar surface area (TPSA) is 92.4 Å². The highest BCUT2D eigenvalue weighted by Gasteiger charge is 2.31. The Kier molecular flexibility index (Phi) is 6.48. The first kappa shape index (κ1) is 22.5. The van der Waals surface area contributed by atoms with Gasteiger partial charge in [-0.2, -0.15) is 13.2 Å². The fraction of sp³-hybridized carbons (Fsp3) is 0.278. The number of rotatable bonds is 6. The Labute approximate surface area is 176 Å². The number of aromatic nitrogens is 1. The molecular formula is C18H14ClF5N4O3. The molecule has 0 spiro atoms. The van der Waals surface area contributed by atoms with Crippen LogP contribution in [0.3, 0.4) is 0 Å². The van der Waals surface area contributed by atoms with Gasteiger partial charge in [-0.1, -0.05) is 17.7 Å². The predicted octanol–water partition coefficient (Wildman–Crippen LogP) is 2.84.